The molecule has 0 fully saturated rings. The van der Waals surface area contributed by atoms with E-state index in [0.29, 0.717) is 5.75 Å². The molecule has 4 rings (SSSR count). The van der Waals surface area contributed by atoms with Gasteiger partial charge in [0.1, 0.15) is 11.5 Å². The van der Waals surface area contributed by atoms with Crippen molar-refractivity contribution in [1.82, 2.24) is 0 Å². The van der Waals surface area contributed by atoms with E-state index < -0.39 is 24.8 Å². The van der Waals surface area contributed by atoms with Gasteiger partial charge in [-0.3, -0.25) is 0 Å². The molecule has 4 nitrogen and oxygen atoms in total. The average molecular weight is 865 g/mol. The molecule has 2 N–H and O–H groups in total. The molecule has 0 atom stereocenters. The summed E-state index contributed by atoms with van der Waals surface area (Å²) in [7, 11) is -0.970. The predicted octanol–water partition coefficient (Wildman–Crippen LogP) is 16.7. The molecule has 0 radical (unpaired) electrons. The van der Waals surface area contributed by atoms with Gasteiger partial charge in [-0.2, -0.15) is 0 Å². The summed E-state index contributed by atoms with van der Waals surface area (Å²) >= 11 is 0. The van der Waals surface area contributed by atoms with Crippen LogP contribution < -0.4 is 9.26 Å². The zero-order valence-electron chi connectivity index (χ0n) is 43.8. The van der Waals surface area contributed by atoms with E-state index in [-0.39, 0.29) is 27.1 Å². The second-order valence-corrected chi connectivity index (χ2v) is 26.9. The lowest BCUT2D eigenvalue weighted by atomic mass is 9.65. The summed E-state index contributed by atoms with van der Waals surface area (Å²) < 4.78 is 13.4. The Morgan fingerprint density at radius 1 is 0.355 bits per heavy atom. The van der Waals surface area contributed by atoms with E-state index in [4.69, 9.17) is 9.26 Å². The molecular weight excluding hydrogens is 780 g/mol. The first-order valence-corrected chi connectivity index (χ1v) is 23.9. The Morgan fingerprint density at radius 3 is 1.05 bits per heavy atom. The van der Waals surface area contributed by atoms with Gasteiger partial charge in [-0.15, -0.1) is 0 Å². The zero-order valence-corrected chi connectivity index (χ0v) is 44.7. The van der Waals surface area contributed by atoms with Crippen LogP contribution in [0.25, 0.3) is 33.4 Å². The average Bonchev–Trinajstić information content (AvgIpc) is 3.06. The summed E-state index contributed by atoms with van der Waals surface area (Å²) in [6.07, 6.45) is 0. The van der Waals surface area contributed by atoms with Crippen molar-refractivity contribution >= 4 is 8.60 Å². The molecule has 4 aromatic carbocycles. The first kappa shape index (κ1) is 51.5. The molecule has 0 aliphatic heterocycles. The third kappa shape index (κ3) is 10.7. The standard InChI is InChI=1S/C57H85O4P/c1-50(2,3)34-26-28-37(40(31-34)53(10,11)12)43-44(39-30-36(52(7,8)9)33-42(55(16,17)18)48(39)61-62(58)59)49(60-25)47(57(22,23)24)45(46(43)56(19,20)21)38-29-27-35(51(4,5)6)32-41(38)54(13,14)15/h26-33,58-59H,1-25H3. The predicted molar refractivity (Wildman–Crippen MR) is 271 cm³/mol. The molecule has 62 heavy (non-hydrogen) atoms. The maximum atomic E-state index is 10.9. The van der Waals surface area contributed by atoms with Crippen LogP contribution in [-0.4, -0.2) is 16.9 Å². The van der Waals surface area contributed by atoms with Gasteiger partial charge in [-0.25, -0.2) is 0 Å². The normalized spacial score (nSPS) is 13.9. The smallest absolute Gasteiger partial charge is 0.391 e. The molecular formula is C57H85O4P. The van der Waals surface area contributed by atoms with Crippen LogP contribution in [0, 0.1) is 0 Å². The van der Waals surface area contributed by atoms with Crippen LogP contribution in [0.15, 0.2) is 48.5 Å². The number of methoxy groups -OCH3 is 1. The molecule has 0 aliphatic carbocycles. The molecule has 0 bridgehead atoms. The highest BCUT2D eigenvalue weighted by atomic mass is 31.2. The minimum Gasteiger partial charge on any atom is -0.496 e. The number of benzene rings is 4. The number of hydrogen-bond acceptors (Lipinski definition) is 4. The van der Waals surface area contributed by atoms with E-state index in [1.165, 1.54) is 38.9 Å². The van der Waals surface area contributed by atoms with Gasteiger partial charge in [0, 0.05) is 22.3 Å². The SMILES string of the molecule is COc1c(-c2cc(C(C)(C)C)cc(C(C)(C)C)c2OP(O)O)c(-c2ccc(C(C)(C)C)cc2C(C)(C)C)c(C(C)(C)C)c(-c2ccc(C(C)(C)C)cc2C(C)(C)C)c1C(C)(C)C. The third-order valence-electron chi connectivity index (χ3n) is 12.3. The number of rotatable bonds is 6. The number of ether oxygens (including phenoxy) is 1. The number of hydrogen-bond donors (Lipinski definition) is 2. The van der Waals surface area contributed by atoms with Crippen LogP contribution in [0.1, 0.15) is 211 Å². The third-order valence-corrected chi connectivity index (χ3v) is 12.6. The molecule has 0 saturated heterocycles. The van der Waals surface area contributed by atoms with Crippen LogP contribution in [0.3, 0.4) is 0 Å². The van der Waals surface area contributed by atoms with Gasteiger partial charge in [0.25, 0.3) is 0 Å². The fourth-order valence-electron chi connectivity index (χ4n) is 8.88. The summed E-state index contributed by atoms with van der Waals surface area (Å²) in [5.74, 6) is 1.24. The summed E-state index contributed by atoms with van der Waals surface area (Å²) in [4.78, 5) is 21.8. The minimum atomic E-state index is -2.78. The molecule has 5 heteroatoms. The second-order valence-electron chi connectivity index (χ2n) is 26.2. The van der Waals surface area contributed by atoms with Crippen molar-refractivity contribution in [3.05, 3.63) is 93.0 Å². The monoisotopic (exact) mass is 865 g/mol. The van der Waals surface area contributed by atoms with Crippen molar-refractivity contribution in [2.24, 2.45) is 0 Å². The summed E-state index contributed by atoms with van der Waals surface area (Å²) in [6, 6.07) is 18.7. The molecule has 0 unspecified atom stereocenters. The fraction of sp³-hybridized carbons (Fsp3) is 0.579. The Morgan fingerprint density at radius 2 is 0.726 bits per heavy atom. The highest BCUT2D eigenvalue weighted by molar-refractivity contribution is 7.39. The Balaban J connectivity index is 2.70. The topological polar surface area (TPSA) is 58.9 Å². The Kier molecular flexibility index (Phi) is 13.8. The van der Waals surface area contributed by atoms with Gasteiger partial charge < -0.3 is 19.0 Å². The van der Waals surface area contributed by atoms with E-state index >= 15 is 0 Å². The van der Waals surface area contributed by atoms with Gasteiger partial charge in [0.2, 0.25) is 0 Å². The Hall–Kier alpha value is -3.17. The van der Waals surface area contributed by atoms with E-state index in [1.54, 1.807) is 0 Å². The fourth-order valence-corrected chi connectivity index (χ4v) is 9.24. The molecule has 4 aromatic rings. The van der Waals surface area contributed by atoms with Crippen molar-refractivity contribution in [1.29, 1.82) is 0 Å². The quantitative estimate of drug-likeness (QED) is 0.190. The van der Waals surface area contributed by atoms with Crippen LogP contribution in [-0.2, 0) is 43.3 Å². The van der Waals surface area contributed by atoms with Crippen LogP contribution in [0.2, 0.25) is 0 Å². The molecule has 342 valence electrons. The lowest BCUT2D eigenvalue weighted by molar-refractivity contribution is 0.369. The van der Waals surface area contributed by atoms with Gasteiger partial charge in [0.05, 0.1) is 7.11 Å². The van der Waals surface area contributed by atoms with Crippen molar-refractivity contribution in [2.45, 2.75) is 209 Å². The summed E-state index contributed by atoms with van der Waals surface area (Å²) in [5.41, 5.74) is 13.8. The van der Waals surface area contributed by atoms with E-state index in [1.807, 2.05) is 7.11 Å². The summed E-state index contributed by atoms with van der Waals surface area (Å²) in [6.45, 7) is 54.9. The van der Waals surface area contributed by atoms with Crippen LogP contribution >= 0.6 is 8.60 Å². The van der Waals surface area contributed by atoms with E-state index in [2.05, 4.69) is 215 Å². The summed E-state index contributed by atoms with van der Waals surface area (Å²) in [5, 5.41) is 0. The van der Waals surface area contributed by atoms with E-state index in [0.717, 1.165) is 44.7 Å². The van der Waals surface area contributed by atoms with Gasteiger partial charge >= 0.3 is 8.60 Å². The van der Waals surface area contributed by atoms with E-state index in [9.17, 15) is 9.79 Å². The molecule has 0 spiro atoms. The molecule has 0 aliphatic rings. The maximum Gasteiger partial charge on any atom is 0.391 e. The largest absolute Gasteiger partial charge is 0.496 e. The molecule has 0 heterocycles. The lowest BCUT2D eigenvalue weighted by Crippen LogP contribution is -2.25. The minimum absolute atomic E-state index is 0.0422. The molecule has 0 amide bonds. The highest BCUT2D eigenvalue weighted by Gasteiger charge is 2.41. The van der Waals surface area contributed by atoms with Gasteiger partial charge in [-0.1, -0.05) is 209 Å². The van der Waals surface area contributed by atoms with Crippen molar-refractivity contribution in [2.75, 3.05) is 7.11 Å². The second kappa shape index (κ2) is 16.7. The maximum absolute atomic E-state index is 10.9. The Labute approximate surface area is 380 Å². The molecule has 0 saturated carbocycles. The van der Waals surface area contributed by atoms with Crippen LogP contribution in [0.5, 0.6) is 11.5 Å². The van der Waals surface area contributed by atoms with Gasteiger partial charge in [0.15, 0.2) is 0 Å². The Bertz CT molecular complexity index is 2290. The zero-order chi connectivity index (χ0) is 47.9. The van der Waals surface area contributed by atoms with Crippen molar-refractivity contribution < 1.29 is 19.0 Å². The molecule has 0 aromatic heterocycles. The van der Waals surface area contributed by atoms with Gasteiger partial charge in [-0.05, 0) is 105 Å². The first-order chi connectivity index (χ1) is 27.6. The lowest BCUT2D eigenvalue weighted by Gasteiger charge is -2.40. The van der Waals surface area contributed by atoms with Crippen molar-refractivity contribution in [3.8, 4) is 44.9 Å². The van der Waals surface area contributed by atoms with Crippen LogP contribution in [0.4, 0.5) is 0 Å². The van der Waals surface area contributed by atoms with Crippen molar-refractivity contribution in [3.63, 3.8) is 0 Å². The highest BCUT2D eigenvalue weighted by Crippen LogP contribution is 2.60. The first-order valence-electron chi connectivity index (χ1n) is 22.8.